The molecule has 2 aliphatic rings. The average Bonchev–Trinajstić information content (AvgIpc) is 3.28. The van der Waals surface area contributed by atoms with Gasteiger partial charge >= 0.3 is 12.2 Å². The van der Waals surface area contributed by atoms with Gasteiger partial charge in [-0.3, -0.25) is 9.80 Å². The molecule has 1 N–H and O–H groups in total. The van der Waals surface area contributed by atoms with Gasteiger partial charge in [0.2, 0.25) is 0 Å². The van der Waals surface area contributed by atoms with Crippen LogP contribution < -0.4 is 0 Å². The first kappa shape index (κ1) is 29.5. The lowest BCUT2D eigenvalue weighted by molar-refractivity contribution is -0.0840. The van der Waals surface area contributed by atoms with Crippen LogP contribution in [0.15, 0.2) is 30.3 Å². The van der Waals surface area contributed by atoms with Crippen molar-refractivity contribution in [3.63, 3.8) is 0 Å². The number of nitrogens with zero attached hydrogens (tertiary/aromatic N) is 2. The van der Waals surface area contributed by atoms with Crippen LogP contribution in [0.4, 0.5) is 9.59 Å². The maximum absolute atomic E-state index is 13.4. The van der Waals surface area contributed by atoms with E-state index in [0.29, 0.717) is 25.8 Å². The minimum Gasteiger partial charge on any atom is -0.465 e. The summed E-state index contributed by atoms with van der Waals surface area (Å²) in [6, 6.07) is 10.5. The number of amides is 2. The Balaban J connectivity index is 2.16. The number of ether oxygens (including phenoxy) is 3. The number of rotatable bonds is 7. The molecule has 9 heteroatoms. The van der Waals surface area contributed by atoms with Crippen LogP contribution in [0.5, 0.6) is 0 Å². The highest BCUT2D eigenvalue weighted by Crippen LogP contribution is 2.49. The molecule has 2 fully saturated rings. The van der Waals surface area contributed by atoms with E-state index >= 15 is 0 Å². The van der Waals surface area contributed by atoms with Gasteiger partial charge < -0.3 is 19.3 Å². The Labute approximate surface area is 223 Å². The maximum Gasteiger partial charge on any atom is 0.410 e. The summed E-state index contributed by atoms with van der Waals surface area (Å²) in [5, 5.41) is 10.6. The van der Waals surface area contributed by atoms with Gasteiger partial charge in [0.05, 0.1) is 24.2 Å². The van der Waals surface area contributed by atoms with E-state index in [1.165, 1.54) is 4.90 Å². The zero-order valence-corrected chi connectivity index (χ0v) is 25.0. The van der Waals surface area contributed by atoms with E-state index in [1.807, 2.05) is 65.0 Å². The Kier molecular flexibility index (Phi) is 8.42. The van der Waals surface area contributed by atoms with Crippen LogP contribution in [0.2, 0.25) is 25.7 Å². The van der Waals surface area contributed by atoms with Gasteiger partial charge in [-0.2, -0.15) is 0 Å². The summed E-state index contributed by atoms with van der Waals surface area (Å²) in [6.07, 6.45) is -0.482. The fraction of sp³-hybridized carbons (Fsp3) is 0.714. The first-order valence-electron chi connectivity index (χ1n) is 13.3. The fourth-order valence-electron chi connectivity index (χ4n) is 5.87. The third-order valence-electron chi connectivity index (χ3n) is 7.40. The normalized spacial score (nSPS) is 28.0. The number of benzene rings is 1. The summed E-state index contributed by atoms with van der Waals surface area (Å²) in [6.45, 7) is 16.4. The molecule has 208 valence electrons. The van der Waals surface area contributed by atoms with Crippen molar-refractivity contribution in [2.45, 2.75) is 115 Å². The van der Waals surface area contributed by atoms with E-state index in [-0.39, 0.29) is 6.10 Å². The van der Waals surface area contributed by atoms with E-state index in [2.05, 4.69) is 19.6 Å². The second kappa shape index (κ2) is 10.6. The highest BCUT2D eigenvalue weighted by molar-refractivity contribution is 6.76. The Hall–Kier alpha value is -2.10. The number of carbonyl (C=O) groups excluding carboxylic acids is 1. The molecule has 0 aromatic heterocycles. The average molecular weight is 535 g/mol. The van der Waals surface area contributed by atoms with Gasteiger partial charge in [0, 0.05) is 15.2 Å². The molecule has 37 heavy (non-hydrogen) atoms. The van der Waals surface area contributed by atoms with Crippen molar-refractivity contribution in [3.05, 3.63) is 35.9 Å². The first-order valence-corrected chi connectivity index (χ1v) is 17.0. The maximum atomic E-state index is 13.4. The van der Waals surface area contributed by atoms with Gasteiger partial charge in [-0.05, 0) is 59.4 Å². The van der Waals surface area contributed by atoms with Crippen LogP contribution in [0.3, 0.4) is 0 Å². The molecule has 2 amide bonds. The monoisotopic (exact) mass is 534 g/mol. The summed E-state index contributed by atoms with van der Waals surface area (Å²) in [5.41, 5.74) is -1.56. The minimum atomic E-state index is -1.56. The Bertz CT molecular complexity index is 958. The van der Waals surface area contributed by atoms with Crippen LogP contribution in [-0.2, 0) is 20.6 Å². The van der Waals surface area contributed by atoms with Gasteiger partial charge in [0.1, 0.15) is 17.4 Å². The predicted octanol–water partition coefficient (Wildman–Crippen LogP) is 5.84. The molecule has 2 heterocycles. The molecular formula is C28H46N2O6Si. The number of methoxy groups -OCH3 is 1. The second-order valence-electron chi connectivity index (χ2n) is 13.2. The molecule has 0 spiro atoms. The highest BCUT2D eigenvalue weighted by atomic mass is 28.3. The van der Waals surface area contributed by atoms with Crippen molar-refractivity contribution in [1.82, 2.24) is 9.80 Å². The summed E-state index contributed by atoms with van der Waals surface area (Å²) in [5.74, 6) is 0. The molecule has 1 aromatic rings. The Morgan fingerprint density at radius 2 is 1.78 bits per heavy atom. The summed E-state index contributed by atoms with van der Waals surface area (Å²) in [4.78, 5) is 29.6. The minimum absolute atomic E-state index is 0.186. The third-order valence-corrected chi connectivity index (χ3v) is 9.15. The van der Waals surface area contributed by atoms with Crippen molar-refractivity contribution < 1.29 is 28.9 Å². The molecule has 3 rings (SSSR count). The van der Waals surface area contributed by atoms with Crippen LogP contribution in [0, 0.1) is 0 Å². The molecule has 2 saturated heterocycles. The van der Waals surface area contributed by atoms with Crippen molar-refractivity contribution in [1.29, 1.82) is 0 Å². The molecular weight excluding hydrogens is 488 g/mol. The molecule has 2 aliphatic heterocycles. The van der Waals surface area contributed by atoms with Gasteiger partial charge in [-0.15, -0.1) is 0 Å². The largest absolute Gasteiger partial charge is 0.465 e. The van der Waals surface area contributed by atoms with Crippen molar-refractivity contribution in [3.8, 4) is 0 Å². The molecule has 0 bridgehead atoms. The summed E-state index contributed by atoms with van der Waals surface area (Å²) in [7, 11) is 0.0797. The molecule has 4 atom stereocenters. The molecule has 0 saturated carbocycles. The number of carbonyl (C=O) groups is 2. The molecule has 0 radical (unpaired) electrons. The van der Waals surface area contributed by atoms with Crippen LogP contribution in [-0.4, -0.2) is 83.9 Å². The van der Waals surface area contributed by atoms with Crippen molar-refractivity contribution in [2.24, 2.45) is 0 Å². The highest BCUT2D eigenvalue weighted by Gasteiger charge is 2.64. The topological polar surface area (TPSA) is 88.5 Å². The van der Waals surface area contributed by atoms with Crippen molar-refractivity contribution >= 4 is 20.3 Å². The number of carboxylic acid groups (broad SMARTS) is 1. The fourth-order valence-corrected chi connectivity index (χ4v) is 7.05. The standard InChI is InChI=1S/C28H46N2O6Si/c1-26(2,3)36-25(33)29-19-21(34-6)17-22(29)23-28(15-16-37(7,8)9,18-20-13-11-10-12-14-20)30(24(31)32)27(4,5)35-23/h10-14,21-23H,15-19H2,1-9H3,(H,31,32)/t21-,22-,23-,28-/m1/s1. The predicted molar refractivity (Wildman–Crippen MR) is 147 cm³/mol. The van der Waals surface area contributed by atoms with E-state index in [4.69, 9.17) is 14.2 Å². The van der Waals surface area contributed by atoms with Crippen LogP contribution >= 0.6 is 0 Å². The lowest BCUT2D eigenvalue weighted by Crippen LogP contribution is -2.62. The van der Waals surface area contributed by atoms with Gasteiger partial charge in [0.15, 0.2) is 0 Å². The zero-order chi connectivity index (χ0) is 27.8. The molecule has 1 aromatic carbocycles. The number of hydrogen-bond donors (Lipinski definition) is 1. The lowest BCUT2D eigenvalue weighted by atomic mass is 9.78. The number of hydrogen-bond acceptors (Lipinski definition) is 5. The third kappa shape index (κ3) is 6.67. The van der Waals surface area contributed by atoms with E-state index < -0.39 is 49.3 Å². The first-order chi connectivity index (χ1) is 17.0. The lowest BCUT2D eigenvalue weighted by Gasteiger charge is -2.45. The molecule has 0 aliphatic carbocycles. The van der Waals surface area contributed by atoms with Crippen molar-refractivity contribution in [2.75, 3.05) is 13.7 Å². The smallest absolute Gasteiger partial charge is 0.410 e. The summed E-state index contributed by atoms with van der Waals surface area (Å²) >= 11 is 0. The Morgan fingerprint density at radius 1 is 1.16 bits per heavy atom. The SMILES string of the molecule is CO[C@@H]1C[C@H]([C@H]2OC(C)(C)N(C(=O)O)[C@]2(CC[Si](C)(C)C)Cc2ccccc2)N(C(=O)OC(C)(C)C)C1. The summed E-state index contributed by atoms with van der Waals surface area (Å²) < 4.78 is 18.2. The van der Waals surface area contributed by atoms with Crippen LogP contribution in [0.25, 0.3) is 0 Å². The van der Waals surface area contributed by atoms with Gasteiger partial charge in [0.25, 0.3) is 0 Å². The van der Waals surface area contributed by atoms with E-state index in [1.54, 1.807) is 12.0 Å². The quantitative estimate of drug-likeness (QED) is 0.443. The van der Waals surface area contributed by atoms with E-state index in [9.17, 15) is 14.7 Å². The Morgan fingerprint density at radius 3 is 2.30 bits per heavy atom. The second-order valence-corrected chi connectivity index (χ2v) is 18.8. The zero-order valence-electron chi connectivity index (χ0n) is 24.0. The molecule has 0 unspecified atom stereocenters. The molecule has 8 nitrogen and oxygen atoms in total. The van der Waals surface area contributed by atoms with Crippen LogP contribution in [0.1, 0.15) is 53.0 Å². The number of likely N-dealkylation sites (tertiary alicyclic amines) is 1. The van der Waals surface area contributed by atoms with Gasteiger partial charge in [-0.1, -0.05) is 56.0 Å². The van der Waals surface area contributed by atoms with Gasteiger partial charge in [-0.25, -0.2) is 9.59 Å². The van der Waals surface area contributed by atoms with E-state index in [0.717, 1.165) is 11.6 Å².